The van der Waals surface area contributed by atoms with Crippen LogP contribution in [0.25, 0.3) is 0 Å². The molecular formula is C17H22N4. The zero-order valence-corrected chi connectivity index (χ0v) is 13.1. The monoisotopic (exact) mass is 282 g/mol. The van der Waals surface area contributed by atoms with Crippen LogP contribution in [0.15, 0.2) is 30.9 Å². The maximum Gasteiger partial charge on any atom is 0.229 e. The van der Waals surface area contributed by atoms with Crippen LogP contribution in [0, 0.1) is 27.7 Å². The van der Waals surface area contributed by atoms with Crippen LogP contribution in [0.4, 0.5) is 17.5 Å². The molecular weight excluding hydrogens is 260 g/mol. The number of rotatable bonds is 5. The van der Waals surface area contributed by atoms with Crippen LogP contribution in [-0.2, 0) is 0 Å². The maximum atomic E-state index is 4.49. The molecule has 2 N–H and O–H groups in total. The van der Waals surface area contributed by atoms with Crippen molar-refractivity contribution in [2.45, 2.75) is 27.7 Å². The SMILES string of the molecule is C=CCNc1cc(C)nc(Nc2c(C)cc(C)cc2C)n1. The Morgan fingerprint density at radius 2 is 1.71 bits per heavy atom. The lowest BCUT2D eigenvalue weighted by Crippen LogP contribution is -2.06. The summed E-state index contributed by atoms with van der Waals surface area (Å²) in [6.07, 6.45) is 1.80. The van der Waals surface area contributed by atoms with E-state index in [1.54, 1.807) is 6.08 Å². The molecule has 2 rings (SSSR count). The second-order valence-electron chi connectivity index (χ2n) is 5.29. The molecule has 0 aliphatic heterocycles. The van der Waals surface area contributed by atoms with Crippen molar-refractivity contribution >= 4 is 17.5 Å². The van der Waals surface area contributed by atoms with Gasteiger partial charge in [0.2, 0.25) is 5.95 Å². The average Bonchev–Trinajstić information content (AvgIpc) is 2.40. The average molecular weight is 282 g/mol. The van der Waals surface area contributed by atoms with Crippen LogP contribution >= 0.6 is 0 Å². The molecule has 0 bridgehead atoms. The van der Waals surface area contributed by atoms with Crippen molar-refractivity contribution in [1.29, 1.82) is 0 Å². The summed E-state index contributed by atoms with van der Waals surface area (Å²) in [5.41, 5.74) is 5.63. The normalized spacial score (nSPS) is 10.3. The summed E-state index contributed by atoms with van der Waals surface area (Å²) in [4.78, 5) is 8.94. The number of nitrogens with zero attached hydrogens (tertiary/aromatic N) is 2. The molecule has 21 heavy (non-hydrogen) atoms. The smallest absolute Gasteiger partial charge is 0.229 e. The van der Waals surface area contributed by atoms with E-state index in [0.717, 1.165) is 17.2 Å². The lowest BCUT2D eigenvalue weighted by atomic mass is 10.1. The molecule has 0 saturated carbocycles. The van der Waals surface area contributed by atoms with Crippen LogP contribution in [0.5, 0.6) is 0 Å². The van der Waals surface area contributed by atoms with Gasteiger partial charge >= 0.3 is 0 Å². The fourth-order valence-corrected chi connectivity index (χ4v) is 2.38. The van der Waals surface area contributed by atoms with E-state index in [0.29, 0.717) is 12.5 Å². The van der Waals surface area contributed by atoms with E-state index in [9.17, 15) is 0 Å². The first-order valence-corrected chi connectivity index (χ1v) is 7.05. The van der Waals surface area contributed by atoms with Crippen molar-refractivity contribution in [2.24, 2.45) is 0 Å². The van der Waals surface area contributed by atoms with Gasteiger partial charge in [0.25, 0.3) is 0 Å². The fraction of sp³-hybridized carbons (Fsp3) is 0.294. The van der Waals surface area contributed by atoms with Crippen LogP contribution in [0.2, 0.25) is 0 Å². The maximum absolute atomic E-state index is 4.49. The van der Waals surface area contributed by atoms with E-state index in [2.05, 4.69) is 60.1 Å². The molecule has 0 spiro atoms. The van der Waals surface area contributed by atoms with Crippen molar-refractivity contribution in [2.75, 3.05) is 17.2 Å². The Balaban J connectivity index is 2.31. The Morgan fingerprint density at radius 3 is 2.33 bits per heavy atom. The predicted octanol–water partition coefficient (Wildman–Crippen LogP) is 4.05. The lowest BCUT2D eigenvalue weighted by Gasteiger charge is -2.14. The van der Waals surface area contributed by atoms with Gasteiger partial charge in [0.1, 0.15) is 5.82 Å². The summed E-state index contributed by atoms with van der Waals surface area (Å²) >= 11 is 0. The van der Waals surface area contributed by atoms with Crippen molar-refractivity contribution in [3.05, 3.63) is 53.2 Å². The first kappa shape index (κ1) is 15.0. The Labute approximate surface area is 126 Å². The number of nitrogens with one attached hydrogen (secondary N) is 2. The highest BCUT2D eigenvalue weighted by Gasteiger charge is 2.07. The third-order valence-corrected chi connectivity index (χ3v) is 3.20. The minimum Gasteiger partial charge on any atom is -0.366 e. The van der Waals surface area contributed by atoms with Gasteiger partial charge in [-0.05, 0) is 38.8 Å². The van der Waals surface area contributed by atoms with E-state index in [1.165, 1.54) is 16.7 Å². The van der Waals surface area contributed by atoms with Gasteiger partial charge in [0.05, 0.1) is 0 Å². The van der Waals surface area contributed by atoms with Crippen molar-refractivity contribution < 1.29 is 0 Å². The molecule has 0 aliphatic rings. The molecule has 0 unspecified atom stereocenters. The number of aromatic nitrogens is 2. The number of hydrogen-bond donors (Lipinski definition) is 2. The standard InChI is InChI=1S/C17H22N4/c1-6-7-18-15-10-14(5)19-17(20-15)21-16-12(3)8-11(2)9-13(16)4/h6,8-10H,1,7H2,2-5H3,(H2,18,19,20,21). The Bertz CT molecular complexity index is 639. The molecule has 4 nitrogen and oxygen atoms in total. The first-order valence-electron chi connectivity index (χ1n) is 7.05. The van der Waals surface area contributed by atoms with Crippen molar-refractivity contribution in [1.82, 2.24) is 9.97 Å². The molecule has 2 aromatic rings. The van der Waals surface area contributed by atoms with Crippen LogP contribution in [0.3, 0.4) is 0 Å². The third-order valence-electron chi connectivity index (χ3n) is 3.20. The summed E-state index contributed by atoms with van der Waals surface area (Å²) < 4.78 is 0. The summed E-state index contributed by atoms with van der Waals surface area (Å²) in [6, 6.07) is 6.23. The Kier molecular flexibility index (Phi) is 4.58. The molecule has 0 amide bonds. The highest BCUT2D eigenvalue weighted by Crippen LogP contribution is 2.25. The molecule has 1 heterocycles. The summed E-state index contributed by atoms with van der Waals surface area (Å²) in [5.74, 6) is 1.41. The van der Waals surface area contributed by atoms with E-state index < -0.39 is 0 Å². The zero-order valence-electron chi connectivity index (χ0n) is 13.1. The molecule has 1 aromatic heterocycles. The van der Waals surface area contributed by atoms with E-state index >= 15 is 0 Å². The molecule has 1 aromatic carbocycles. The number of aryl methyl sites for hydroxylation is 4. The van der Waals surface area contributed by atoms with E-state index in [4.69, 9.17) is 0 Å². The minimum atomic E-state index is 0.608. The molecule has 0 radical (unpaired) electrons. The van der Waals surface area contributed by atoms with Crippen molar-refractivity contribution in [3.63, 3.8) is 0 Å². The van der Waals surface area contributed by atoms with Gasteiger partial charge in [0.15, 0.2) is 0 Å². The van der Waals surface area contributed by atoms with Crippen LogP contribution in [-0.4, -0.2) is 16.5 Å². The second kappa shape index (κ2) is 6.39. The molecule has 0 atom stereocenters. The zero-order chi connectivity index (χ0) is 15.4. The van der Waals surface area contributed by atoms with Gasteiger partial charge in [-0.3, -0.25) is 0 Å². The predicted molar refractivity (Wildman–Crippen MR) is 89.4 cm³/mol. The highest BCUT2D eigenvalue weighted by molar-refractivity contribution is 5.64. The molecule has 0 fully saturated rings. The van der Waals surface area contributed by atoms with Gasteiger partial charge in [-0.25, -0.2) is 4.98 Å². The van der Waals surface area contributed by atoms with Crippen LogP contribution < -0.4 is 10.6 Å². The quantitative estimate of drug-likeness (QED) is 0.812. The van der Waals surface area contributed by atoms with Gasteiger partial charge in [-0.2, -0.15) is 4.98 Å². The topological polar surface area (TPSA) is 49.8 Å². The summed E-state index contributed by atoms with van der Waals surface area (Å²) in [7, 11) is 0. The van der Waals surface area contributed by atoms with Gasteiger partial charge in [-0.15, -0.1) is 6.58 Å². The molecule has 0 saturated heterocycles. The van der Waals surface area contributed by atoms with E-state index in [1.807, 2.05) is 13.0 Å². The number of anilines is 3. The van der Waals surface area contributed by atoms with E-state index in [-0.39, 0.29) is 0 Å². The molecule has 0 aliphatic carbocycles. The highest BCUT2D eigenvalue weighted by atomic mass is 15.1. The first-order chi connectivity index (χ1) is 9.99. The van der Waals surface area contributed by atoms with Gasteiger partial charge in [-0.1, -0.05) is 23.8 Å². The third kappa shape index (κ3) is 3.81. The van der Waals surface area contributed by atoms with Gasteiger partial charge < -0.3 is 10.6 Å². The molecule has 4 heteroatoms. The Morgan fingerprint density at radius 1 is 1.05 bits per heavy atom. The minimum absolute atomic E-state index is 0.608. The largest absolute Gasteiger partial charge is 0.366 e. The summed E-state index contributed by atoms with van der Waals surface area (Å²) in [6.45, 7) is 12.6. The molecule has 110 valence electrons. The number of hydrogen-bond acceptors (Lipinski definition) is 4. The lowest BCUT2D eigenvalue weighted by molar-refractivity contribution is 1.09. The van der Waals surface area contributed by atoms with Crippen LogP contribution in [0.1, 0.15) is 22.4 Å². The van der Waals surface area contributed by atoms with Gasteiger partial charge in [0, 0.05) is 24.0 Å². The Hall–Kier alpha value is -2.36. The fourth-order valence-electron chi connectivity index (χ4n) is 2.38. The second-order valence-corrected chi connectivity index (χ2v) is 5.29. The van der Waals surface area contributed by atoms with Crippen molar-refractivity contribution in [3.8, 4) is 0 Å². The number of benzene rings is 1. The summed E-state index contributed by atoms with van der Waals surface area (Å²) in [5, 5.41) is 6.53.